The predicted molar refractivity (Wildman–Crippen MR) is 82.6 cm³/mol. The first-order chi connectivity index (χ1) is 9.81. The van der Waals surface area contributed by atoms with E-state index in [-0.39, 0.29) is 11.6 Å². The summed E-state index contributed by atoms with van der Waals surface area (Å²) in [6.07, 6.45) is 9.66. The molecule has 0 amide bonds. The molecule has 0 aromatic heterocycles. The van der Waals surface area contributed by atoms with Crippen molar-refractivity contribution in [2.75, 3.05) is 6.54 Å². The van der Waals surface area contributed by atoms with E-state index in [1.165, 1.54) is 44.1 Å². The Morgan fingerprint density at radius 1 is 0.950 bits per heavy atom. The minimum atomic E-state index is -0.153. The van der Waals surface area contributed by atoms with Crippen LogP contribution in [0.5, 0.6) is 0 Å². The molecule has 2 nitrogen and oxygen atoms in total. The van der Waals surface area contributed by atoms with Gasteiger partial charge in [-0.05, 0) is 43.7 Å². The van der Waals surface area contributed by atoms with Crippen LogP contribution < -0.4 is 5.32 Å². The Morgan fingerprint density at radius 3 is 2.30 bits per heavy atom. The largest absolute Gasteiger partial charge is 0.393 e. The summed E-state index contributed by atoms with van der Waals surface area (Å²) < 4.78 is 0. The number of aliphatic hydroxyl groups excluding tert-OH is 1. The van der Waals surface area contributed by atoms with Gasteiger partial charge in [-0.2, -0.15) is 0 Å². The second kappa shape index (κ2) is 6.28. The van der Waals surface area contributed by atoms with Gasteiger partial charge in [-0.25, -0.2) is 0 Å². The van der Waals surface area contributed by atoms with E-state index >= 15 is 0 Å². The molecule has 0 bridgehead atoms. The van der Waals surface area contributed by atoms with Crippen molar-refractivity contribution in [3.05, 3.63) is 35.9 Å². The SMILES string of the molecule is OC1CCNC(c2ccccc2)(C2CCCCCC2)C1. The molecule has 2 N–H and O–H groups in total. The second-order valence-electron chi connectivity index (χ2n) is 6.60. The Balaban J connectivity index is 1.94. The smallest absolute Gasteiger partial charge is 0.0573 e. The monoisotopic (exact) mass is 273 g/mol. The minimum absolute atomic E-state index is 0.00324. The third kappa shape index (κ3) is 2.77. The van der Waals surface area contributed by atoms with Gasteiger partial charge in [0.1, 0.15) is 0 Å². The maximum Gasteiger partial charge on any atom is 0.0573 e. The van der Waals surface area contributed by atoms with E-state index in [4.69, 9.17) is 0 Å². The van der Waals surface area contributed by atoms with E-state index in [0.717, 1.165) is 19.4 Å². The summed E-state index contributed by atoms with van der Waals surface area (Å²) in [4.78, 5) is 0. The van der Waals surface area contributed by atoms with E-state index in [1.54, 1.807) is 0 Å². The molecule has 1 aliphatic carbocycles. The van der Waals surface area contributed by atoms with Gasteiger partial charge in [0.2, 0.25) is 0 Å². The van der Waals surface area contributed by atoms with E-state index in [9.17, 15) is 5.11 Å². The maximum absolute atomic E-state index is 10.3. The fourth-order valence-corrected chi connectivity index (χ4v) is 4.28. The average Bonchev–Trinajstić information content (AvgIpc) is 2.77. The number of nitrogens with one attached hydrogen (secondary N) is 1. The summed E-state index contributed by atoms with van der Waals surface area (Å²) in [6.45, 7) is 0.937. The molecule has 110 valence electrons. The van der Waals surface area contributed by atoms with Crippen LogP contribution in [0.1, 0.15) is 56.9 Å². The van der Waals surface area contributed by atoms with Crippen LogP contribution in [0, 0.1) is 5.92 Å². The predicted octanol–water partition coefficient (Wildman–Crippen LogP) is 3.60. The van der Waals surface area contributed by atoms with Crippen molar-refractivity contribution in [3.63, 3.8) is 0 Å². The lowest BCUT2D eigenvalue weighted by Gasteiger charge is -2.46. The molecular weight excluding hydrogens is 246 g/mol. The Kier molecular flexibility index (Phi) is 4.42. The zero-order chi connectivity index (χ0) is 13.8. The van der Waals surface area contributed by atoms with Gasteiger partial charge in [-0.15, -0.1) is 0 Å². The lowest BCUT2D eigenvalue weighted by molar-refractivity contribution is 0.0397. The van der Waals surface area contributed by atoms with Gasteiger partial charge >= 0.3 is 0 Å². The first-order valence-corrected chi connectivity index (χ1v) is 8.30. The van der Waals surface area contributed by atoms with Gasteiger partial charge in [0, 0.05) is 5.54 Å². The van der Waals surface area contributed by atoms with Crippen molar-refractivity contribution in [2.45, 2.75) is 63.0 Å². The molecule has 2 heteroatoms. The van der Waals surface area contributed by atoms with Gasteiger partial charge in [0.05, 0.1) is 6.10 Å². The number of aliphatic hydroxyl groups is 1. The van der Waals surface area contributed by atoms with Crippen LogP contribution in [0.2, 0.25) is 0 Å². The van der Waals surface area contributed by atoms with Gasteiger partial charge in [0.25, 0.3) is 0 Å². The molecule has 0 radical (unpaired) electrons. The summed E-state index contributed by atoms with van der Waals surface area (Å²) in [5.41, 5.74) is 1.38. The van der Waals surface area contributed by atoms with E-state index < -0.39 is 0 Å². The zero-order valence-corrected chi connectivity index (χ0v) is 12.4. The molecule has 2 fully saturated rings. The fourth-order valence-electron chi connectivity index (χ4n) is 4.28. The summed E-state index contributed by atoms with van der Waals surface area (Å²) >= 11 is 0. The summed E-state index contributed by atoms with van der Waals surface area (Å²) in [6, 6.07) is 10.8. The van der Waals surface area contributed by atoms with Gasteiger partial charge < -0.3 is 10.4 Å². The first kappa shape index (κ1) is 14.1. The van der Waals surface area contributed by atoms with Crippen molar-refractivity contribution in [1.82, 2.24) is 5.32 Å². The van der Waals surface area contributed by atoms with Crippen molar-refractivity contribution in [2.24, 2.45) is 5.92 Å². The number of hydrogen-bond acceptors (Lipinski definition) is 2. The molecule has 20 heavy (non-hydrogen) atoms. The molecule has 1 heterocycles. The molecule has 2 aliphatic rings. The lowest BCUT2D eigenvalue weighted by atomic mass is 9.69. The highest BCUT2D eigenvalue weighted by Crippen LogP contribution is 2.43. The quantitative estimate of drug-likeness (QED) is 0.807. The number of hydrogen-bond donors (Lipinski definition) is 2. The molecule has 2 atom stereocenters. The standard InChI is InChI=1S/C18H27NO/c20-17-12-13-19-18(14-17,16-10-6-3-7-11-16)15-8-4-1-2-5-9-15/h3,6-7,10-11,15,17,19-20H,1-2,4-5,8-9,12-14H2. The number of rotatable bonds is 2. The molecule has 1 aromatic rings. The first-order valence-electron chi connectivity index (χ1n) is 8.30. The van der Waals surface area contributed by atoms with Crippen molar-refractivity contribution in [3.8, 4) is 0 Å². The third-order valence-corrected chi connectivity index (χ3v) is 5.32. The van der Waals surface area contributed by atoms with Crippen LogP contribution in [-0.4, -0.2) is 17.8 Å². The van der Waals surface area contributed by atoms with Crippen LogP contribution in [0.3, 0.4) is 0 Å². The summed E-state index contributed by atoms with van der Waals surface area (Å²) in [5, 5.41) is 14.1. The maximum atomic E-state index is 10.3. The number of piperidine rings is 1. The van der Waals surface area contributed by atoms with Crippen LogP contribution in [-0.2, 0) is 5.54 Å². The van der Waals surface area contributed by atoms with Crippen molar-refractivity contribution < 1.29 is 5.11 Å². The van der Waals surface area contributed by atoms with Crippen LogP contribution in [0.15, 0.2) is 30.3 Å². The third-order valence-electron chi connectivity index (χ3n) is 5.32. The molecule has 1 aliphatic heterocycles. The van der Waals surface area contributed by atoms with E-state index in [1.807, 2.05) is 0 Å². The molecule has 2 unspecified atom stereocenters. The Bertz CT molecular complexity index is 411. The van der Waals surface area contributed by atoms with Gasteiger partial charge in [0.15, 0.2) is 0 Å². The van der Waals surface area contributed by atoms with Crippen LogP contribution in [0.4, 0.5) is 0 Å². The average molecular weight is 273 g/mol. The Hall–Kier alpha value is -0.860. The zero-order valence-electron chi connectivity index (χ0n) is 12.4. The molecule has 1 aromatic carbocycles. The fraction of sp³-hybridized carbons (Fsp3) is 0.667. The Morgan fingerprint density at radius 2 is 1.65 bits per heavy atom. The van der Waals surface area contributed by atoms with Crippen LogP contribution in [0.25, 0.3) is 0 Å². The minimum Gasteiger partial charge on any atom is -0.393 e. The Labute approximate surface area is 122 Å². The highest BCUT2D eigenvalue weighted by molar-refractivity contribution is 5.27. The van der Waals surface area contributed by atoms with Gasteiger partial charge in [-0.3, -0.25) is 0 Å². The second-order valence-corrected chi connectivity index (χ2v) is 6.60. The molecule has 1 saturated heterocycles. The molecule has 3 rings (SSSR count). The highest BCUT2D eigenvalue weighted by atomic mass is 16.3. The molecule has 0 spiro atoms. The summed E-state index contributed by atoms with van der Waals surface area (Å²) in [7, 11) is 0. The molecular formula is C18H27NO. The normalized spacial score (nSPS) is 32.8. The van der Waals surface area contributed by atoms with E-state index in [2.05, 4.69) is 35.6 Å². The summed E-state index contributed by atoms with van der Waals surface area (Å²) in [5.74, 6) is 0.669. The van der Waals surface area contributed by atoms with Gasteiger partial charge in [-0.1, -0.05) is 56.0 Å². The molecule has 1 saturated carbocycles. The van der Waals surface area contributed by atoms with E-state index in [0.29, 0.717) is 5.92 Å². The van der Waals surface area contributed by atoms with Crippen molar-refractivity contribution in [1.29, 1.82) is 0 Å². The van der Waals surface area contributed by atoms with Crippen LogP contribution >= 0.6 is 0 Å². The lowest BCUT2D eigenvalue weighted by Crippen LogP contribution is -2.54. The van der Waals surface area contributed by atoms with Crippen molar-refractivity contribution >= 4 is 0 Å². The topological polar surface area (TPSA) is 32.3 Å². The highest BCUT2D eigenvalue weighted by Gasteiger charge is 2.43. The number of benzene rings is 1.